The van der Waals surface area contributed by atoms with Crippen LogP contribution in [0.2, 0.25) is 0 Å². The maximum absolute atomic E-state index is 14.1. The van der Waals surface area contributed by atoms with Gasteiger partial charge in [0.05, 0.1) is 11.7 Å². The Hall–Kier alpha value is -4.39. The van der Waals surface area contributed by atoms with Crippen molar-refractivity contribution in [1.82, 2.24) is 30.0 Å². The lowest BCUT2D eigenvalue weighted by molar-refractivity contribution is -0.153. The number of nitrogens with one attached hydrogen (secondary N) is 1. The van der Waals surface area contributed by atoms with Crippen LogP contribution in [0.15, 0.2) is 37.1 Å². The van der Waals surface area contributed by atoms with Gasteiger partial charge in [-0.15, -0.1) is 0 Å². The van der Waals surface area contributed by atoms with E-state index in [0.717, 1.165) is 66.1 Å². The molecule has 3 aliphatic heterocycles. The molecule has 10 rings (SSSR count). The number of rotatable bonds is 9. The Morgan fingerprint density at radius 2 is 1.75 bits per heavy atom. The molecular formula is C40H44F3N7O3. The van der Waals surface area contributed by atoms with E-state index in [1.165, 1.54) is 32.0 Å². The summed E-state index contributed by atoms with van der Waals surface area (Å²) in [7, 11) is 0. The molecule has 13 heteroatoms. The molecule has 6 fully saturated rings. The van der Waals surface area contributed by atoms with E-state index in [4.69, 9.17) is 19.4 Å². The van der Waals surface area contributed by atoms with Gasteiger partial charge in [-0.05, 0) is 91.7 Å². The molecule has 1 N–H and O–H groups in total. The van der Waals surface area contributed by atoms with Crippen molar-refractivity contribution in [3.05, 3.63) is 48.2 Å². The van der Waals surface area contributed by atoms with Crippen molar-refractivity contribution in [1.29, 1.82) is 0 Å². The third-order valence-corrected chi connectivity index (χ3v) is 13.0. The second-order valence-corrected chi connectivity index (χ2v) is 16.8. The Morgan fingerprint density at radius 1 is 1.02 bits per heavy atom. The normalized spacial score (nSPS) is 24.6. The number of aryl methyl sites for hydroxylation is 1. The molecule has 2 spiro atoms. The molecule has 3 saturated carbocycles. The number of carbonyl (C=O) groups excluding carboxylic acids is 1. The number of likely N-dealkylation sites (tertiary alicyclic amines) is 2. The summed E-state index contributed by atoms with van der Waals surface area (Å²) in [6, 6.07) is 6.67. The maximum Gasteiger partial charge on any atom is 0.422 e. The number of hydrogen-bond donors (Lipinski definition) is 1. The highest BCUT2D eigenvalue weighted by molar-refractivity contribution is 6.06. The van der Waals surface area contributed by atoms with E-state index in [9.17, 15) is 18.0 Å². The zero-order valence-corrected chi connectivity index (χ0v) is 30.0. The Morgan fingerprint density at radius 3 is 2.43 bits per heavy atom. The second-order valence-electron chi connectivity index (χ2n) is 16.8. The number of amides is 1. The standard InChI is InChI=1S/C40H44F3N7O3/c1-3-31(51)50-20-39(21-50)10-12-48(13-11-39)36-28-16-27(24-5-6-24)33(32-23(2)4-7-30-29(32)17-44-47-30)35(52-22-40(41,42)43)34(28)45-37(46-36)53-26-14-25(15-26)49-18-38(19-49)8-9-38/h3-4,7,16-17,24-26H,1,5-6,8-15,18-22H2,2H3,(H,44,47). The molecule has 2 aromatic carbocycles. The Balaban J connectivity index is 1.07. The highest BCUT2D eigenvalue weighted by atomic mass is 19.4. The quantitative estimate of drug-likeness (QED) is 0.186. The van der Waals surface area contributed by atoms with Crippen LogP contribution in [-0.2, 0) is 4.79 Å². The zero-order chi connectivity index (χ0) is 36.3. The summed E-state index contributed by atoms with van der Waals surface area (Å²) in [6.07, 6.45) is 6.50. The van der Waals surface area contributed by atoms with Crippen LogP contribution in [-0.4, -0.2) is 100 Å². The van der Waals surface area contributed by atoms with E-state index in [1.807, 2.05) is 24.0 Å². The van der Waals surface area contributed by atoms with Gasteiger partial charge in [-0.3, -0.25) is 14.8 Å². The van der Waals surface area contributed by atoms with Crippen LogP contribution in [0, 0.1) is 17.8 Å². The maximum atomic E-state index is 14.1. The molecule has 5 heterocycles. The smallest absolute Gasteiger partial charge is 0.422 e. The third kappa shape index (κ3) is 5.81. The predicted octanol–water partition coefficient (Wildman–Crippen LogP) is 6.92. The summed E-state index contributed by atoms with van der Waals surface area (Å²) in [4.78, 5) is 28.9. The SMILES string of the molecule is C=CC(=O)N1CC2(CCN(c3nc(OC4CC(N5CC6(CC6)C5)C4)nc4c(OCC(F)(F)F)c(-c5c(C)ccc6[nH]ncc56)c(C5CC5)cc34)CC2)C1. The molecule has 4 aromatic rings. The Bertz CT molecular complexity index is 2130. The number of halogens is 3. The molecule has 3 saturated heterocycles. The van der Waals surface area contributed by atoms with Crippen LogP contribution >= 0.6 is 0 Å². The van der Waals surface area contributed by atoms with Crippen molar-refractivity contribution in [2.75, 3.05) is 50.8 Å². The summed E-state index contributed by atoms with van der Waals surface area (Å²) < 4.78 is 54.7. The first-order chi connectivity index (χ1) is 25.5. The minimum atomic E-state index is -4.56. The number of fused-ring (bicyclic) bond motifs is 2. The van der Waals surface area contributed by atoms with E-state index in [-0.39, 0.29) is 35.1 Å². The number of aromatic nitrogens is 4. The fourth-order valence-electron chi connectivity index (χ4n) is 9.45. The molecule has 0 atom stereocenters. The van der Waals surface area contributed by atoms with Gasteiger partial charge in [0, 0.05) is 79.9 Å². The topological polar surface area (TPSA) is 99.7 Å². The number of nitrogens with zero attached hydrogens (tertiary/aromatic N) is 6. The van der Waals surface area contributed by atoms with Gasteiger partial charge in [0.25, 0.3) is 0 Å². The number of carbonyl (C=O) groups is 1. The first-order valence-electron chi connectivity index (χ1n) is 19.1. The van der Waals surface area contributed by atoms with E-state index in [2.05, 4.69) is 32.6 Å². The lowest BCUT2D eigenvalue weighted by atomic mass is 9.72. The van der Waals surface area contributed by atoms with Crippen molar-refractivity contribution in [3.63, 3.8) is 0 Å². The fraction of sp³-hybridized carbons (Fsp3) is 0.550. The van der Waals surface area contributed by atoms with E-state index in [0.29, 0.717) is 59.9 Å². The van der Waals surface area contributed by atoms with Crippen LogP contribution in [0.5, 0.6) is 11.8 Å². The van der Waals surface area contributed by atoms with E-state index >= 15 is 0 Å². The van der Waals surface area contributed by atoms with Gasteiger partial charge in [0.2, 0.25) is 5.91 Å². The molecule has 1 amide bonds. The minimum Gasteiger partial charge on any atom is -0.481 e. The predicted molar refractivity (Wildman–Crippen MR) is 194 cm³/mol. The molecule has 3 aliphatic carbocycles. The number of benzene rings is 2. The number of ether oxygens (including phenoxy) is 2. The molecule has 278 valence electrons. The van der Waals surface area contributed by atoms with Crippen LogP contribution in [0.25, 0.3) is 32.9 Å². The number of alkyl halides is 3. The number of hydrogen-bond acceptors (Lipinski definition) is 8. The number of H-pyrrole nitrogens is 1. The first-order valence-corrected chi connectivity index (χ1v) is 19.1. The molecule has 10 nitrogen and oxygen atoms in total. The van der Waals surface area contributed by atoms with E-state index < -0.39 is 12.8 Å². The monoisotopic (exact) mass is 727 g/mol. The highest BCUT2D eigenvalue weighted by Crippen LogP contribution is 2.56. The molecule has 0 radical (unpaired) electrons. The van der Waals surface area contributed by atoms with Crippen LogP contribution < -0.4 is 14.4 Å². The summed E-state index contributed by atoms with van der Waals surface area (Å²) in [6.45, 7) is 9.29. The number of piperidine rings is 1. The highest BCUT2D eigenvalue weighted by Gasteiger charge is 2.55. The van der Waals surface area contributed by atoms with Crippen molar-refractivity contribution in [3.8, 4) is 22.9 Å². The van der Waals surface area contributed by atoms with Gasteiger partial charge in [0.1, 0.15) is 17.4 Å². The van der Waals surface area contributed by atoms with Crippen LogP contribution in [0.1, 0.15) is 68.4 Å². The molecule has 2 aromatic heterocycles. The molecule has 0 unspecified atom stereocenters. The summed E-state index contributed by atoms with van der Waals surface area (Å²) in [5, 5.41) is 8.81. The average Bonchev–Trinajstić information content (AvgIpc) is 4.03. The Kier molecular flexibility index (Phi) is 7.39. The second kappa shape index (κ2) is 11.8. The summed E-state index contributed by atoms with van der Waals surface area (Å²) >= 11 is 0. The largest absolute Gasteiger partial charge is 0.481 e. The number of aromatic amines is 1. The van der Waals surface area contributed by atoms with Crippen molar-refractivity contribution < 1.29 is 27.4 Å². The van der Waals surface area contributed by atoms with Gasteiger partial charge >= 0.3 is 12.2 Å². The van der Waals surface area contributed by atoms with E-state index in [1.54, 1.807) is 6.20 Å². The van der Waals surface area contributed by atoms with Gasteiger partial charge in [0.15, 0.2) is 12.4 Å². The van der Waals surface area contributed by atoms with Gasteiger partial charge < -0.3 is 19.3 Å². The molecular weight excluding hydrogens is 683 g/mol. The lowest BCUT2D eigenvalue weighted by Gasteiger charge is -2.54. The van der Waals surface area contributed by atoms with Gasteiger partial charge in [-0.25, -0.2) is 0 Å². The zero-order valence-electron chi connectivity index (χ0n) is 30.0. The lowest BCUT2D eigenvalue weighted by Crippen LogP contribution is -2.61. The van der Waals surface area contributed by atoms with Crippen LogP contribution in [0.4, 0.5) is 19.0 Å². The molecule has 6 aliphatic rings. The van der Waals surface area contributed by atoms with Crippen molar-refractivity contribution in [2.45, 2.75) is 82.5 Å². The molecule has 53 heavy (non-hydrogen) atoms. The van der Waals surface area contributed by atoms with Gasteiger partial charge in [-0.2, -0.15) is 28.2 Å². The summed E-state index contributed by atoms with van der Waals surface area (Å²) in [5.41, 5.74) is 5.04. The number of anilines is 1. The fourth-order valence-corrected chi connectivity index (χ4v) is 9.45. The average molecular weight is 728 g/mol. The summed E-state index contributed by atoms with van der Waals surface area (Å²) in [5.74, 6) is 0.900. The van der Waals surface area contributed by atoms with Crippen LogP contribution in [0.3, 0.4) is 0 Å². The third-order valence-electron chi connectivity index (χ3n) is 13.0. The van der Waals surface area contributed by atoms with Crippen molar-refractivity contribution >= 4 is 33.5 Å². The minimum absolute atomic E-state index is 0.0440. The van der Waals surface area contributed by atoms with Crippen molar-refractivity contribution in [2.24, 2.45) is 10.8 Å². The van der Waals surface area contributed by atoms with Gasteiger partial charge in [-0.1, -0.05) is 12.6 Å². The Labute approximate surface area is 305 Å². The molecule has 0 bridgehead atoms. The first kappa shape index (κ1) is 33.2.